The Hall–Kier alpha value is -0.980. The molecular weight excluding hydrogens is 228 g/mol. The van der Waals surface area contributed by atoms with E-state index < -0.39 is 15.3 Å². The standard InChI is InChI=1S/C10H16N2O3S/c1-8-3-4-11-5-10(8)6-12-16(14,15)9(2)7-13/h3-5,9,12-13H,6-7H2,1-2H3. The monoisotopic (exact) mass is 244 g/mol. The fraction of sp³-hybridized carbons (Fsp3) is 0.500. The average molecular weight is 244 g/mol. The van der Waals surface area contributed by atoms with E-state index in [1.54, 1.807) is 12.4 Å². The molecular formula is C10H16N2O3S. The van der Waals surface area contributed by atoms with Crippen LogP contribution in [0.1, 0.15) is 18.1 Å². The summed E-state index contributed by atoms with van der Waals surface area (Å²) in [6.07, 6.45) is 3.28. The van der Waals surface area contributed by atoms with Crippen molar-refractivity contribution in [1.29, 1.82) is 0 Å². The number of hydrogen-bond acceptors (Lipinski definition) is 4. The summed E-state index contributed by atoms with van der Waals surface area (Å²) in [6.45, 7) is 3.16. The van der Waals surface area contributed by atoms with E-state index in [4.69, 9.17) is 5.11 Å². The van der Waals surface area contributed by atoms with E-state index in [-0.39, 0.29) is 13.2 Å². The lowest BCUT2D eigenvalue weighted by molar-refractivity contribution is 0.294. The molecule has 0 aliphatic heterocycles. The number of hydrogen-bond donors (Lipinski definition) is 2. The molecule has 0 radical (unpaired) electrons. The molecule has 1 aromatic heterocycles. The lowest BCUT2D eigenvalue weighted by Gasteiger charge is -2.12. The Balaban J connectivity index is 2.69. The van der Waals surface area contributed by atoms with Gasteiger partial charge in [-0.1, -0.05) is 0 Å². The zero-order chi connectivity index (χ0) is 12.2. The first-order valence-electron chi connectivity index (χ1n) is 4.96. The number of aliphatic hydroxyl groups is 1. The number of aryl methyl sites for hydroxylation is 1. The first-order chi connectivity index (χ1) is 7.47. The Kier molecular flexibility index (Phi) is 4.40. The van der Waals surface area contributed by atoms with Crippen LogP contribution in [-0.4, -0.2) is 30.4 Å². The van der Waals surface area contributed by atoms with Crippen molar-refractivity contribution in [2.75, 3.05) is 6.61 Å². The summed E-state index contributed by atoms with van der Waals surface area (Å²) in [5.74, 6) is 0. The highest BCUT2D eigenvalue weighted by Crippen LogP contribution is 2.06. The number of nitrogens with zero attached hydrogens (tertiary/aromatic N) is 1. The van der Waals surface area contributed by atoms with Gasteiger partial charge in [-0.25, -0.2) is 13.1 Å². The van der Waals surface area contributed by atoms with Crippen molar-refractivity contribution in [2.45, 2.75) is 25.6 Å². The molecule has 0 saturated heterocycles. The van der Waals surface area contributed by atoms with Crippen molar-refractivity contribution < 1.29 is 13.5 Å². The molecule has 0 fully saturated rings. The van der Waals surface area contributed by atoms with Crippen molar-refractivity contribution in [1.82, 2.24) is 9.71 Å². The molecule has 0 spiro atoms. The van der Waals surface area contributed by atoms with E-state index in [1.807, 2.05) is 13.0 Å². The van der Waals surface area contributed by atoms with Crippen LogP contribution in [0, 0.1) is 6.92 Å². The van der Waals surface area contributed by atoms with E-state index in [0.29, 0.717) is 0 Å². The number of pyridine rings is 1. The van der Waals surface area contributed by atoms with E-state index in [2.05, 4.69) is 9.71 Å². The van der Waals surface area contributed by atoms with Crippen molar-refractivity contribution in [3.8, 4) is 0 Å². The van der Waals surface area contributed by atoms with Gasteiger partial charge < -0.3 is 5.11 Å². The minimum absolute atomic E-state index is 0.201. The smallest absolute Gasteiger partial charge is 0.216 e. The molecule has 1 unspecified atom stereocenters. The van der Waals surface area contributed by atoms with Gasteiger partial charge in [0.05, 0.1) is 11.9 Å². The molecule has 5 nitrogen and oxygen atoms in total. The third-order valence-electron chi connectivity index (χ3n) is 2.40. The molecule has 16 heavy (non-hydrogen) atoms. The number of nitrogens with one attached hydrogen (secondary N) is 1. The van der Waals surface area contributed by atoms with Crippen LogP contribution in [0.25, 0.3) is 0 Å². The van der Waals surface area contributed by atoms with Crippen LogP contribution in [0.4, 0.5) is 0 Å². The predicted octanol–water partition coefficient (Wildman–Crippen LogP) is 0.190. The maximum absolute atomic E-state index is 11.6. The molecule has 0 aromatic carbocycles. The predicted molar refractivity (Wildman–Crippen MR) is 61.3 cm³/mol. The van der Waals surface area contributed by atoms with Gasteiger partial charge in [0.1, 0.15) is 0 Å². The van der Waals surface area contributed by atoms with Gasteiger partial charge in [-0.15, -0.1) is 0 Å². The first-order valence-corrected chi connectivity index (χ1v) is 6.51. The van der Waals surface area contributed by atoms with Crippen LogP contribution in [0.5, 0.6) is 0 Å². The molecule has 0 bridgehead atoms. The summed E-state index contributed by atoms with van der Waals surface area (Å²) in [4.78, 5) is 3.93. The summed E-state index contributed by atoms with van der Waals surface area (Å²) in [6, 6.07) is 1.82. The lowest BCUT2D eigenvalue weighted by atomic mass is 10.2. The van der Waals surface area contributed by atoms with Crippen molar-refractivity contribution in [2.24, 2.45) is 0 Å². The van der Waals surface area contributed by atoms with Gasteiger partial charge in [-0.05, 0) is 31.0 Å². The van der Waals surface area contributed by atoms with Crippen LogP contribution < -0.4 is 4.72 Å². The van der Waals surface area contributed by atoms with Crippen molar-refractivity contribution in [3.63, 3.8) is 0 Å². The third-order valence-corrected chi connectivity index (χ3v) is 4.15. The maximum atomic E-state index is 11.6. The fourth-order valence-corrected chi connectivity index (χ4v) is 1.94. The van der Waals surface area contributed by atoms with Crippen LogP contribution in [0.15, 0.2) is 18.5 Å². The molecule has 0 aliphatic carbocycles. The highest BCUT2D eigenvalue weighted by Gasteiger charge is 2.19. The van der Waals surface area contributed by atoms with E-state index in [0.717, 1.165) is 11.1 Å². The molecule has 0 amide bonds. The van der Waals surface area contributed by atoms with Crippen LogP contribution in [-0.2, 0) is 16.6 Å². The van der Waals surface area contributed by atoms with Gasteiger partial charge in [0.15, 0.2) is 0 Å². The summed E-state index contributed by atoms with van der Waals surface area (Å²) in [5.41, 5.74) is 1.81. The van der Waals surface area contributed by atoms with Crippen LogP contribution >= 0.6 is 0 Å². The Morgan fingerprint density at radius 2 is 2.25 bits per heavy atom. The van der Waals surface area contributed by atoms with Gasteiger partial charge >= 0.3 is 0 Å². The van der Waals surface area contributed by atoms with Crippen molar-refractivity contribution >= 4 is 10.0 Å². The quantitative estimate of drug-likeness (QED) is 0.775. The number of aliphatic hydroxyl groups excluding tert-OH is 1. The molecule has 0 saturated carbocycles. The molecule has 0 aliphatic rings. The minimum atomic E-state index is -3.45. The summed E-state index contributed by atoms with van der Waals surface area (Å²) in [7, 11) is -3.45. The zero-order valence-electron chi connectivity index (χ0n) is 9.34. The Labute approximate surface area is 95.6 Å². The second kappa shape index (κ2) is 5.38. The largest absolute Gasteiger partial charge is 0.395 e. The molecule has 1 aromatic rings. The highest BCUT2D eigenvalue weighted by atomic mass is 32.2. The molecule has 6 heteroatoms. The molecule has 1 heterocycles. The number of sulfonamides is 1. The summed E-state index contributed by atoms with van der Waals surface area (Å²) < 4.78 is 25.5. The van der Waals surface area contributed by atoms with E-state index >= 15 is 0 Å². The SMILES string of the molecule is Cc1ccncc1CNS(=O)(=O)C(C)CO. The zero-order valence-corrected chi connectivity index (χ0v) is 10.2. The van der Waals surface area contributed by atoms with Crippen LogP contribution in [0.2, 0.25) is 0 Å². The average Bonchev–Trinajstić information content (AvgIpc) is 2.27. The van der Waals surface area contributed by atoms with Gasteiger partial charge in [0.2, 0.25) is 10.0 Å². The number of aromatic nitrogens is 1. The Morgan fingerprint density at radius 3 is 2.81 bits per heavy atom. The first kappa shape index (κ1) is 13.1. The molecule has 90 valence electrons. The van der Waals surface area contributed by atoms with Gasteiger partial charge in [-0.2, -0.15) is 0 Å². The van der Waals surface area contributed by atoms with Crippen molar-refractivity contribution in [3.05, 3.63) is 29.6 Å². The fourth-order valence-electron chi connectivity index (χ4n) is 1.10. The highest BCUT2D eigenvalue weighted by molar-refractivity contribution is 7.90. The summed E-state index contributed by atoms with van der Waals surface area (Å²) in [5, 5.41) is 7.99. The second-order valence-corrected chi connectivity index (χ2v) is 5.84. The minimum Gasteiger partial charge on any atom is -0.395 e. The summed E-state index contributed by atoms with van der Waals surface area (Å²) >= 11 is 0. The van der Waals surface area contributed by atoms with E-state index in [9.17, 15) is 8.42 Å². The number of rotatable bonds is 5. The maximum Gasteiger partial charge on any atom is 0.216 e. The van der Waals surface area contributed by atoms with Gasteiger partial charge in [-0.3, -0.25) is 4.98 Å². The van der Waals surface area contributed by atoms with Gasteiger partial charge in [0, 0.05) is 18.9 Å². The molecule has 2 N–H and O–H groups in total. The third kappa shape index (κ3) is 3.26. The normalized spacial score (nSPS) is 13.7. The Morgan fingerprint density at radius 1 is 1.56 bits per heavy atom. The topological polar surface area (TPSA) is 79.3 Å². The van der Waals surface area contributed by atoms with E-state index in [1.165, 1.54) is 6.92 Å². The molecule has 1 atom stereocenters. The second-order valence-electron chi connectivity index (χ2n) is 3.66. The Bertz CT molecular complexity index is 445. The lowest BCUT2D eigenvalue weighted by Crippen LogP contribution is -2.34. The van der Waals surface area contributed by atoms with Crippen LogP contribution in [0.3, 0.4) is 0 Å². The molecule has 1 rings (SSSR count). The van der Waals surface area contributed by atoms with Gasteiger partial charge in [0.25, 0.3) is 0 Å².